The van der Waals surface area contributed by atoms with Crippen molar-refractivity contribution in [1.29, 1.82) is 0 Å². The van der Waals surface area contributed by atoms with E-state index in [-0.39, 0.29) is 25.7 Å². The normalized spacial score (nSPS) is 14.5. The molecule has 0 aromatic carbocycles. The highest BCUT2D eigenvalue weighted by molar-refractivity contribution is 7.47. The Labute approximate surface area is 561 Å². The summed E-state index contributed by atoms with van der Waals surface area (Å²) < 4.78 is 68.3. The van der Waals surface area contributed by atoms with E-state index >= 15 is 0 Å². The van der Waals surface area contributed by atoms with Crippen molar-refractivity contribution in [2.75, 3.05) is 39.6 Å². The van der Waals surface area contributed by atoms with Crippen LogP contribution < -0.4 is 0 Å². The van der Waals surface area contributed by atoms with Gasteiger partial charge in [0.15, 0.2) is 12.2 Å². The predicted octanol–water partition coefficient (Wildman–Crippen LogP) is 20.7. The van der Waals surface area contributed by atoms with Crippen molar-refractivity contribution in [3.05, 3.63) is 24.3 Å². The Morgan fingerprint density at radius 3 is 0.978 bits per heavy atom. The Kier molecular flexibility index (Phi) is 62.8. The summed E-state index contributed by atoms with van der Waals surface area (Å²) in [6, 6.07) is 0. The maximum atomic E-state index is 13.0. The van der Waals surface area contributed by atoms with Crippen LogP contribution in [0.15, 0.2) is 24.3 Å². The zero-order valence-electron chi connectivity index (χ0n) is 59.3. The fourth-order valence-corrected chi connectivity index (χ4v) is 12.1. The molecule has 542 valence electrons. The van der Waals surface area contributed by atoms with Crippen molar-refractivity contribution in [3.8, 4) is 0 Å². The van der Waals surface area contributed by atoms with Crippen molar-refractivity contribution in [1.82, 2.24) is 0 Å². The zero-order chi connectivity index (χ0) is 67.9. The molecule has 0 spiro atoms. The number of phosphoric ester groups is 2. The molecule has 0 saturated heterocycles. The highest BCUT2D eigenvalue weighted by atomic mass is 31.2. The van der Waals surface area contributed by atoms with Gasteiger partial charge >= 0.3 is 39.5 Å². The lowest BCUT2D eigenvalue weighted by Gasteiger charge is -2.21. The summed E-state index contributed by atoms with van der Waals surface area (Å²) in [5, 5.41) is 10.6. The maximum Gasteiger partial charge on any atom is 0.472 e. The third-order valence-electron chi connectivity index (χ3n) is 16.7. The Morgan fingerprint density at radius 2 is 0.641 bits per heavy atom. The van der Waals surface area contributed by atoms with Crippen LogP contribution in [0.4, 0.5) is 0 Å². The van der Waals surface area contributed by atoms with Crippen LogP contribution in [-0.2, 0) is 65.4 Å². The molecule has 17 nitrogen and oxygen atoms in total. The number of unbranched alkanes of at least 4 members (excludes halogenated alkanes) is 36. The Hall–Kier alpha value is -2.46. The van der Waals surface area contributed by atoms with E-state index in [4.69, 9.17) is 37.0 Å². The van der Waals surface area contributed by atoms with Gasteiger partial charge in [0, 0.05) is 25.7 Å². The minimum absolute atomic E-state index is 0.0849. The number of hydrogen-bond acceptors (Lipinski definition) is 15. The molecule has 3 N–H and O–H groups in total. The molecule has 3 unspecified atom stereocenters. The second-order valence-electron chi connectivity index (χ2n) is 26.4. The summed E-state index contributed by atoms with van der Waals surface area (Å²) in [6.07, 6.45) is 53.4. The Bertz CT molecular complexity index is 1880. The lowest BCUT2D eigenvalue weighted by Crippen LogP contribution is -2.30. The monoisotopic (exact) mass is 1350 g/mol. The second kappa shape index (κ2) is 64.5. The van der Waals surface area contributed by atoms with E-state index in [1.807, 2.05) is 0 Å². The Morgan fingerprint density at radius 1 is 0.359 bits per heavy atom. The molecule has 0 aliphatic heterocycles. The number of esters is 4. The third-order valence-corrected chi connectivity index (χ3v) is 18.6. The van der Waals surface area contributed by atoms with Gasteiger partial charge in [0.25, 0.3) is 0 Å². The summed E-state index contributed by atoms with van der Waals surface area (Å²) in [6.45, 7) is 9.51. The van der Waals surface area contributed by atoms with Gasteiger partial charge < -0.3 is 33.8 Å². The van der Waals surface area contributed by atoms with Gasteiger partial charge in [0.1, 0.15) is 19.3 Å². The van der Waals surface area contributed by atoms with Crippen molar-refractivity contribution in [2.24, 2.45) is 11.8 Å². The van der Waals surface area contributed by atoms with Gasteiger partial charge in [-0.05, 0) is 63.2 Å². The highest BCUT2D eigenvalue weighted by Gasteiger charge is 2.30. The molecule has 0 amide bonds. The Balaban J connectivity index is 5.27. The van der Waals surface area contributed by atoms with Gasteiger partial charge in [-0.1, -0.05) is 297 Å². The van der Waals surface area contributed by atoms with Crippen molar-refractivity contribution >= 4 is 39.5 Å². The molecule has 0 aliphatic rings. The topological polar surface area (TPSA) is 237 Å². The highest BCUT2D eigenvalue weighted by Crippen LogP contribution is 2.45. The summed E-state index contributed by atoms with van der Waals surface area (Å²) in [5.74, 6) is -0.571. The van der Waals surface area contributed by atoms with Crippen LogP contribution in [0.25, 0.3) is 0 Å². The molecule has 92 heavy (non-hydrogen) atoms. The third kappa shape index (κ3) is 64.9. The van der Waals surface area contributed by atoms with E-state index in [2.05, 4.69) is 65.8 Å². The molecule has 6 atom stereocenters. The first-order valence-electron chi connectivity index (χ1n) is 37.3. The SMILES string of the molecule is CCCCCC/C=C\C=C/CCCCCCCC(=O)O[C@H](COC(=O)CCCCCCCCCCCCCCC(C)C)COP(=O)(O)OC[C@@H](O)COP(=O)(O)OC[C@@H](COC(=O)CCCCCCCCCC)OC(=O)CCCCCCCCCCCCC(C)CC. The van der Waals surface area contributed by atoms with Crippen LogP contribution in [0.3, 0.4) is 0 Å². The first-order chi connectivity index (χ1) is 44.4. The fourth-order valence-electron chi connectivity index (χ4n) is 10.5. The van der Waals surface area contributed by atoms with Crippen molar-refractivity contribution in [2.45, 2.75) is 368 Å². The van der Waals surface area contributed by atoms with Gasteiger partial charge in [-0.3, -0.25) is 37.3 Å². The van der Waals surface area contributed by atoms with E-state index in [1.165, 1.54) is 148 Å². The van der Waals surface area contributed by atoms with Crippen LogP contribution in [0.1, 0.15) is 350 Å². The molecule has 0 saturated carbocycles. The zero-order valence-corrected chi connectivity index (χ0v) is 61.1. The first-order valence-corrected chi connectivity index (χ1v) is 40.3. The summed E-state index contributed by atoms with van der Waals surface area (Å²) >= 11 is 0. The van der Waals surface area contributed by atoms with Crippen LogP contribution >= 0.6 is 15.6 Å². The molecule has 0 aromatic rings. The maximum absolute atomic E-state index is 13.0. The van der Waals surface area contributed by atoms with Crippen LogP contribution in [0.5, 0.6) is 0 Å². The molecule has 0 fully saturated rings. The molecule has 19 heteroatoms. The molecule has 0 heterocycles. The minimum Gasteiger partial charge on any atom is -0.462 e. The van der Waals surface area contributed by atoms with Gasteiger partial charge in [0.05, 0.1) is 26.4 Å². The van der Waals surface area contributed by atoms with E-state index in [0.29, 0.717) is 25.7 Å². The number of ether oxygens (including phenoxy) is 4. The smallest absolute Gasteiger partial charge is 0.462 e. The van der Waals surface area contributed by atoms with Crippen LogP contribution in [0.2, 0.25) is 0 Å². The molecular formula is C73H138O17P2. The van der Waals surface area contributed by atoms with Gasteiger partial charge in [-0.15, -0.1) is 0 Å². The number of carbonyl (C=O) groups excluding carboxylic acids is 4. The molecule has 0 bridgehead atoms. The van der Waals surface area contributed by atoms with E-state index in [9.17, 15) is 43.2 Å². The van der Waals surface area contributed by atoms with E-state index in [0.717, 1.165) is 121 Å². The quantitative estimate of drug-likeness (QED) is 0.0169. The second-order valence-corrected chi connectivity index (χ2v) is 29.3. The van der Waals surface area contributed by atoms with Crippen molar-refractivity contribution < 1.29 is 80.2 Å². The van der Waals surface area contributed by atoms with E-state index in [1.54, 1.807) is 0 Å². The molecular weight excluding hydrogens is 1210 g/mol. The number of aliphatic hydroxyl groups is 1. The molecule has 0 aromatic heterocycles. The van der Waals surface area contributed by atoms with Crippen LogP contribution in [0, 0.1) is 11.8 Å². The lowest BCUT2D eigenvalue weighted by atomic mass is 9.99. The minimum atomic E-state index is -4.96. The largest absolute Gasteiger partial charge is 0.472 e. The summed E-state index contributed by atoms with van der Waals surface area (Å²) in [7, 11) is -9.92. The summed E-state index contributed by atoms with van der Waals surface area (Å²) in [4.78, 5) is 72.6. The number of aliphatic hydroxyl groups excluding tert-OH is 1. The van der Waals surface area contributed by atoms with Gasteiger partial charge in [-0.25, -0.2) is 9.13 Å². The van der Waals surface area contributed by atoms with Gasteiger partial charge in [0.2, 0.25) is 0 Å². The van der Waals surface area contributed by atoms with E-state index < -0.39 is 97.5 Å². The van der Waals surface area contributed by atoms with Crippen LogP contribution in [-0.4, -0.2) is 96.7 Å². The summed E-state index contributed by atoms with van der Waals surface area (Å²) in [5.41, 5.74) is 0. The fraction of sp³-hybridized carbons (Fsp3) is 0.890. The average molecular weight is 1350 g/mol. The molecule has 0 radical (unpaired) electrons. The predicted molar refractivity (Wildman–Crippen MR) is 372 cm³/mol. The van der Waals surface area contributed by atoms with Crippen molar-refractivity contribution in [3.63, 3.8) is 0 Å². The molecule has 0 aliphatic carbocycles. The van der Waals surface area contributed by atoms with Gasteiger partial charge in [-0.2, -0.15) is 0 Å². The lowest BCUT2D eigenvalue weighted by molar-refractivity contribution is -0.161. The number of hydrogen-bond donors (Lipinski definition) is 3. The number of allylic oxidation sites excluding steroid dienone is 4. The number of rotatable bonds is 70. The number of carbonyl (C=O) groups is 4. The average Bonchev–Trinajstić information content (AvgIpc) is 3.42. The standard InChI is InChI=1S/C73H138O17P2/c1-7-10-12-14-16-18-19-20-21-22-27-33-39-45-51-57-72(77)90-69(62-84-71(76)56-50-44-38-32-26-24-23-25-30-35-41-47-53-65(4)5)64-88-92(81,82)86-60-67(74)59-85-91(79,80)87-63-68(61-83-70(75)55-49-43-37-17-15-13-11-8-2)89-73(78)58-52-46-40-34-29-28-31-36-42-48-54-66(6)9-3/h18-21,65-69,74H,7-17,22-64H2,1-6H3,(H,79,80)(H,81,82)/b19-18-,21-20-/t66?,67-,68+,69+/m0/s1. The number of phosphoric acid groups is 2. The molecule has 0 rings (SSSR count). The first kappa shape index (κ1) is 89.5.